The third-order valence-electron chi connectivity index (χ3n) is 2.63. The highest BCUT2D eigenvalue weighted by atomic mass is 35.5. The molecule has 0 fully saturated rings. The van der Waals surface area contributed by atoms with Crippen molar-refractivity contribution in [3.63, 3.8) is 0 Å². The molecule has 0 aliphatic heterocycles. The third-order valence-corrected chi connectivity index (χ3v) is 2.80. The Hall–Kier alpha value is -0.940. The van der Waals surface area contributed by atoms with Crippen LogP contribution in [-0.4, -0.2) is 37.2 Å². The number of hydrogen-bond acceptors (Lipinski definition) is 2. The van der Waals surface area contributed by atoms with Gasteiger partial charge in [-0.1, -0.05) is 17.7 Å². The van der Waals surface area contributed by atoms with Crippen LogP contribution in [0.5, 0.6) is 5.75 Å². The van der Waals surface area contributed by atoms with Crippen LogP contribution in [0.1, 0.15) is 11.1 Å². The Morgan fingerprint density at radius 1 is 1.32 bits per heavy atom. The second kappa shape index (κ2) is 7.01. The van der Waals surface area contributed by atoms with Crippen molar-refractivity contribution in [1.29, 1.82) is 0 Å². The first-order valence-corrected chi connectivity index (χ1v) is 6.37. The number of nitrogens with zero attached hydrogens (tertiary/aromatic N) is 1. The zero-order chi connectivity index (χ0) is 14.5. The topological polar surface area (TPSA) is 12.5 Å². The van der Waals surface area contributed by atoms with Gasteiger partial charge in [0.15, 0.2) is 0 Å². The summed E-state index contributed by atoms with van der Waals surface area (Å²) in [5.41, 5.74) is 1.71. The molecule has 19 heavy (non-hydrogen) atoms. The zero-order valence-electron chi connectivity index (χ0n) is 10.9. The molecule has 2 nitrogen and oxygen atoms in total. The highest BCUT2D eigenvalue weighted by Crippen LogP contribution is 2.23. The van der Waals surface area contributed by atoms with E-state index in [9.17, 15) is 13.2 Å². The fourth-order valence-electron chi connectivity index (χ4n) is 1.86. The minimum Gasteiger partial charge on any atom is -0.496 e. The van der Waals surface area contributed by atoms with Crippen molar-refractivity contribution in [3.05, 3.63) is 29.3 Å². The molecule has 108 valence electrons. The molecule has 0 spiro atoms. The molecule has 1 rings (SSSR count). The lowest BCUT2D eigenvalue weighted by Crippen LogP contribution is -2.35. The van der Waals surface area contributed by atoms with Crippen molar-refractivity contribution in [2.75, 3.05) is 26.1 Å². The van der Waals surface area contributed by atoms with Gasteiger partial charge in [-0.15, -0.1) is 11.6 Å². The number of halogens is 4. The van der Waals surface area contributed by atoms with Gasteiger partial charge in [-0.3, -0.25) is 4.90 Å². The average molecular weight is 296 g/mol. The largest absolute Gasteiger partial charge is 0.496 e. The van der Waals surface area contributed by atoms with Crippen LogP contribution in [0, 0.1) is 6.92 Å². The first-order chi connectivity index (χ1) is 8.85. The van der Waals surface area contributed by atoms with E-state index >= 15 is 0 Å². The van der Waals surface area contributed by atoms with Gasteiger partial charge in [0, 0.05) is 24.5 Å². The molecule has 0 bridgehead atoms. The van der Waals surface area contributed by atoms with E-state index in [-0.39, 0.29) is 19.0 Å². The van der Waals surface area contributed by atoms with Crippen molar-refractivity contribution < 1.29 is 17.9 Å². The molecule has 0 saturated carbocycles. The van der Waals surface area contributed by atoms with E-state index in [4.69, 9.17) is 16.3 Å². The maximum Gasteiger partial charge on any atom is 0.401 e. The molecule has 0 radical (unpaired) electrons. The number of methoxy groups -OCH3 is 1. The highest BCUT2D eigenvalue weighted by molar-refractivity contribution is 6.18. The lowest BCUT2D eigenvalue weighted by atomic mass is 10.1. The van der Waals surface area contributed by atoms with E-state index in [1.807, 2.05) is 19.1 Å². The van der Waals surface area contributed by atoms with Gasteiger partial charge in [0.2, 0.25) is 0 Å². The van der Waals surface area contributed by atoms with Crippen molar-refractivity contribution in [2.24, 2.45) is 0 Å². The fraction of sp³-hybridized carbons (Fsp3) is 0.538. The van der Waals surface area contributed by atoms with Gasteiger partial charge in [-0.2, -0.15) is 13.2 Å². The minimum absolute atomic E-state index is 0.157. The molecule has 0 saturated heterocycles. The summed E-state index contributed by atoms with van der Waals surface area (Å²) in [6.07, 6.45) is -4.23. The average Bonchev–Trinajstić information content (AvgIpc) is 2.27. The smallest absolute Gasteiger partial charge is 0.401 e. The summed E-state index contributed by atoms with van der Waals surface area (Å²) in [4.78, 5) is 1.27. The number of rotatable bonds is 6. The second-order valence-corrected chi connectivity index (χ2v) is 4.71. The molecule has 0 N–H and O–H groups in total. The van der Waals surface area contributed by atoms with Crippen LogP contribution in [0.3, 0.4) is 0 Å². The lowest BCUT2D eigenvalue weighted by molar-refractivity contribution is -0.146. The number of aryl methyl sites for hydroxylation is 1. The van der Waals surface area contributed by atoms with Crippen LogP contribution in [0.2, 0.25) is 0 Å². The van der Waals surface area contributed by atoms with Crippen molar-refractivity contribution in [3.8, 4) is 5.75 Å². The highest BCUT2D eigenvalue weighted by Gasteiger charge is 2.30. The molecular formula is C13H17ClF3NO. The zero-order valence-corrected chi connectivity index (χ0v) is 11.7. The van der Waals surface area contributed by atoms with Crippen LogP contribution < -0.4 is 4.74 Å². The first kappa shape index (κ1) is 16.1. The number of benzene rings is 1. The van der Waals surface area contributed by atoms with Gasteiger partial charge < -0.3 is 4.74 Å². The third kappa shape index (κ3) is 5.70. The van der Waals surface area contributed by atoms with Crippen LogP contribution in [0.4, 0.5) is 13.2 Å². The van der Waals surface area contributed by atoms with E-state index in [1.54, 1.807) is 6.07 Å². The summed E-state index contributed by atoms with van der Waals surface area (Å²) in [7, 11) is 1.50. The maximum absolute atomic E-state index is 12.5. The van der Waals surface area contributed by atoms with Crippen LogP contribution in [0.15, 0.2) is 18.2 Å². The minimum atomic E-state index is -4.23. The van der Waals surface area contributed by atoms with Gasteiger partial charge >= 0.3 is 6.18 Å². The number of alkyl halides is 4. The Morgan fingerprint density at radius 3 is 2.53 bits per heavy atom. The first-order valence-electron chi connectivity index (χ1n) is 5.84. The maximum atomic E-state index is 12.5. The molecule has 0 aliphatic carbocycles. The summed E-state index contributed by atoms with van der Waals surface area (Å²) >= 11 is 5.56. The summed E-state index contributed by atoms with van der Waals surface area (Å²) in [6.45, 7) is 1.25. The normalized spacial score (nSPS) is 11.9. The Bertz CT molecular complexity index is 409. The van der Waals surface area contributed by atoms with Crippen LogP contribution >= 0.6 is 11.6 Å². The van der Waals surface area contributed by atoms with Gasteiger partial charge in [0.05, 0.1) is 13.7 Å². The monoisotopic (exact) mass is 295 g/mol. The van der Waals surface area contributed by atoms with Crippen molar-refractivity contribution >= 4 is 11.6 Å². The van der Waals surface area contributed by atoms with Crippen LogP contribution in [-0.2, 0) is 6.54 Å². The van der Waals surface area contributed by atoms with E-state index in [0.717, 1.165) is 11.1 Å². The van der Waals surface area contributed by atoms with Crippen molar-refractivity contribution in [1.82, 2.24) is 4.90 Å². The Kier molecular flexibility index (Phi) is 5.94. The van der Waals surface area contributed by atoms with E-state index in [1.165, 1.54) is 12.0 Å². The molecule has 1 aromatic carbocycles. The number of hydrogen-bond donors (Lipinski definition) is 0. The molecule has 0 aromatic heterocycles. The molecule has 0 amide bonds. The SMILES string of the molecule is COc1ccc(C)cc1CN(CCCl)CC(F)(F)F. The quantitative estimate of drug-likeness (QED) is 0.744. The summed E-state index contributed by atoms with van der Waals surface area (Å²) < 4.78 is 42.6. The predicted octanol–water partition coefficient (Wildman–Crippen LogP) is 3.61. The Labute approximate surface area is 116 Å². The van der Waals surface area contributed by atoms with Gasteiger partial charge in [-0.25, -0.2) is 0 Å². The molecule has 6 heteroatoms. The summed E-state index contributed by atoms with van der Waals surface area (Å²) in [5, 5.41) is 0. The van der Waals surface area contributed by atoms with E-state index in [0.29, 0.717) is 5.75 Å². The molecule has 0 heterocycles. The van der Waals surface area contributed by atoms with Gasteiger partial charge in [0.25, 0.3) is 0 Å². The summed E-state index contributed by atoms with van der Waals surface area (Å²) in [6, 6.07) is 5.45. The lowest BCUT2D eigenvalue weighted by Gasteiger charge is -2.23. The number of ether oxygens (including phenoxy) is 1. The van der Waals surface area contributed by atoms with Gasteiger partial charge in [0.1, 0.15) is 5.75 Å². The Balaban J connectivity index is 2.86. The predicted molar refractivity (Wildman–Crippen MR) is 69.8 cm³/mol. The molecular weight excluding hydrogens is 279 g/mol. The molecule has 0 unspecified atom stereocenters. The van der Waals surface area contributed by atoms with E-state index < -0.39 is 12.7 Å². The molecule has 0 atom stereocenters. The molecule has 0 aliphatic rings. The van der Waals surface area contributed by atoms with Gasteiger partial charge in [-0.05, 0) is 13.0 Å². The summed E-state index contributed by atoms with van der Waals surface area (Å²) in [5.74, 6) is 0.747. The van der Waals surface area contributed by atoms with Crippen LogP contribution in [0.25, 0.3) is 0 Å². The second-order valence-electron chi connectivity index (χ2n) is 4.33. The standard InChI is InChI=1S/C13H17ClF3NO/c1-10-3-4-12(19-2)11(7-10)8-18(6-5-14)9-13(15,16)17/h3-4,7H,5-6,8-9H2,1-2H3. The molecule has 1 aromatic rings. The van der Waals surface area contributed by atoms with E-state index in [2.05, 4.69) is 0 Å². The fourth-order valence-corrected chi connectivity index (χ4v) is 2.10. The Morgan fingerprint density at radius 2 is 2.00 bits per heavy atom. The van der Waals surface area contributed by atoms with Crippen molar-refractivity contribution in [2.45, 2.75) is 19.6 Å².